The predicted molar refractivity (Wildman–Crippen MR) is 32.0 cm³/mol. The van der Waals surface area contributed by atoms with E-state index >= 15 is 0 Å². The zero-order valence-electron chi connectivity index (χ0n) is 3.71. The lowest BCUT2D eigenvalue weighted by molar-refractivity contribution is 2.08. The van der Waals surface area contributed by atoms with Crippen molar-refractivity contribution in [3.63, 3.8) is 0 Å². The quantitative estimate of drug-likeness (QED) is 0.326. The molecule has 0 aromatic rings. The molecule has 2 heteroatoms. The zero-order valence-corrected chi connectivity index (χ0v) is 4.71. The second-order valence-electron chi connectivity index (χ2n) is 1.13. The summed E-state index contributed by atoms with van der Waals surface area (Å²) in [6, 6.07) is 0. The molecular formula is C3H8BP. The molecule has 0 saturated carbocycles. The van der Waals surface area contributed by atoms with Gasteiger partial charge in [0.1, 0.15) is 0 Å². The van der Waals surface area contributed by atoms with Crippen LogP contribution < -0.4 is 0 Å². The maximum Gasteiger partial charge on any atom is 0.154 e. The SMILES string of the molecule is CBC(C)=P. The monoisotopic (exact) mass is 86.0 g/mol. The summed E-state index contributed by atoms with van der Waals surface area (Å²) in [5.41, 5.74) is 0. The molecule has 0 aromatic heterocycles. The lowest BCUT2D eigenvalue weighted by atomic mass is 9.79. The van der Waals surface area contributed by atoms with Crippen LogP contribution in [0.4, 0.5) is 0 Å². The number of hydrogen-bond acceptors (Lipinski definition) is 0. The topological polar surface area (TPSA) is 0 Å². The van der Waals surface area contributed by atoms with E-state index in [0.717, 1.165) is 7.28 Å². The molecule has 0 radical (unpaired) electrons. The second-order valence-corrected chi connectivity index (χ2v) is 1.99. The lowest BCUT2D eigenvalue weighted by Gasteiger charge is -1.75. The lowest BCUT2D eigenvalue weighted by Crippen LogP contribution is -1.90. The van der Waals surface area contributed by atoms with Crippen LogP contribution in [-0.4, -0.2) is 12.5 Å². The van der Waals surface area contributed by atoms with Crippen molar-refractivity contribution in [3.8, 4) is 0 Å². The molecule has 0 heterocycles. The van der Waals surface area contributed by atoms with Gasteiger partial charge in [0.25, 0.3) is 0 Å². The average molecular weight is 85.9 g/mol. The van der Waals surface area contributed by atoms with E-state index in [4.69, 9.17) is 0 Å². The first kappa shape index (κ1) is 5.23. The average Bonchev–Trinajstić information content (AvgIpc) is 1.38. The fourth-order valence-corrected chi connectivity index (χ4v) is 0. The van der Waals surface area contributed by atoms with Gasteiger partial charge in [0.05, 0.1) is 0 Å². The number of hydrogen-bond donors (Lipinski definition) is 0. The predicted octanol–water partition coefficient (Wildman–Crippen LogP) is 0.764. The molecule has 0 aromatic carbocycles. The van der Waals surface area contributed by atoms with E-state index in [2.05, 4.69) is 22.6 Å². The Morgan fingerprint density at radius 3 is 2.00 bits per heavy atom. The Hall–Kier alpha value is 0.235. The van der Waals surface area contributed by atoms with Crippen LogP contribution in [0.15, 0.2) is 0 Å². The maximum absolute atomic E-state index is 3.33. The summed E-state index contributed by atoms with van der Waals surface area (Å²) in [6.45, 7) is 4.17. The molecular weight excluding hydrogens is 77.8 g/mol. The molecule has 0 aliphatic heterocycles. The fourth-order valence-electron chi connectivity index (χ4n) is 0. The van der Waals surface area contributed by atoms with Gasteiger partial charge in [-0.1, -0.05) is 12.0 Å². The highest BCUT2D eigenvalue weighted by Gasteiger charge is 1.73. The normalized spacial score (nSPS) is 6.80. The van der Waals surface area contributed by atoms with Gasteiger partial charge in [-0.25, -0.2) is 0 Å². The van der Waals surface area contributed by atoms with Crippen LogP contribution in [0.1, 0.15) is 6.92 Å². The minimum atomic E-state index is 1.14. The first-order chi connectivity index (χ1) is 2.27. The van der Waals surface area contributed by atoms with E-state index in [1.807, 2.05) is 0 Å². The van der Waals surface area contributed by atoms with Crippen LogP contribution in [0.5, 0.6) is 0 Å². The van der Waals surface area contributed by atoms with Crippen molar-refractivity contribution in [3.05, 3.63) is 0 Å². The van der Waals surface area contributed by atoms with Crippen LogP contribution in [-0.2, 0) is 0 Å². The third-order valence-electron chi connectivity index (χ3n) is 0.530. The summed E-state index contributed by atoms with van der Waals surface area (Å²) < 4.78 is 0. The summed E-state index contributed by atoms with van der Waals surface area (Å²) in [4.78, 5) is 0. The fraction of sp³-hybridized carbons (Fsp3) is 0.667. The molecule has 0 atom stereocenters. The van der Waals surface area contributed by atoms with Gasteiger partial charge in [0.15, 0.2) is 7.28 Å². The van der Waals surface area contributed by atoms with Gasteiger partial charge in [-0.3, -0.25) is 0 Å². The minimum absolute atomic E-state index is 1.14. The van der Waals surface area contributed by atoms with Gasteiger partial charge >= 0.3 is 0 Å². The van der Waals surface area contributed by atoms with E-state index in [9.17, 15) is 0 Å². The Labute approximate surface area is 36.0 Å². The molecule has 0 aliphatic rings. The Bertz CT molecular complexity index is 42.2. The van der Waals surface area contributed by atoms with E-state index in [1.165, 1.54) is 5.19 Å². The summed E-state index contributed by atoms with van der Waals surface area (Å²) in [5, 5.41) is 1.31. The molecule has 0 nitrogen and oxygen atoms in total. The Morgan fingerprint density at radius 1 is 1.80 bits per heavy atom. The number of rotatable bonds is 1. The van der Waals surface area contributed by atoms with Gasteiger partial charge in [-0.15, -0.1) is 8.86 Å². The minimum Gasteiger partial charge on any atom is -0.134 e. The van der Waals surface area contributed by atoms with Crippen molar-refractivity contribution >= 4 is 21.3 Å². The Morgan fingerprint density at radius 2 is 2.00 bits per heavy atom. The highest BCUT2D eigenvalue weighted by Crippen LogP contribution is 1.69. The van der Waals surface area contributed by atoms with Gasteiger partial charge in [0.2, 0.25) is 0 Å². The first-order valence-electron chi connectivity index (χ1n) is 1.81. The van der Waals surface area contributed by atoms with Crippen molar-refractivity contribution < 1.29 is 0 Å². The molecule has 0 aliphatic carbocycles. The Balaban J connectivity index is 2.85. The summed E-state index contributed by atoms with van der Waals surface area (Å²) in [5.74, 6) is 0. The molecule has 0 spiro atoms. The second kappa shape index (κ2) is 2.47. The molecule has 0 bridgehead atoms. The Kier molecular flexibility index (Phi) is 2.59. The van der Waals surface area contributed by atoms with Crippen molar-refractivity contribution in [2.45, 2.75) is 13.7 Å². The van der Waals surface area contributed by atoms with E-state index in [1.54, 1.807) is 0 Å². The molecule has 0 unspecified atom stereocenters. The van der Waals surface area contributed by atoms with Crippen molar-refractivity contribution in [2.24, 2.45) is 0 Å². The third-order valence-corrected chi connectivity index (χ3v) is 0.884. The van der Waals surface area contributed by atoms with Crippen LogP contribution in [0, 0.1) is 0 Å². The highest BCUT2D eigenvalue weighted by molar-refractivity contribution is 7.30. The van der Waals surface area contributed by atoms with E-state index in [-0.39, 0.29) is 0 Å². The van der Waals surface area contributed by atoms with Gasteiger partial charge in [0, 0.05) is 0 Å². The van der Waals surface area contributed by atoms with Crippen molar-refractivity contribution in [1.82, 2.24) is 0 Å². The highest BCUT2D eigenvalue weighted by atomic mass is 31.0. The standard InChI is InChI=1S/C3H8BP/c1-3(5)4-2/h4-5H,1-2H3. The van der Waals surface area contributed by atoms with Crippen LogP contribution in [0.25, 0.3) is 0 Å². The smallest absolute Gasteiger partial charge is 0.134 e. The molecule has 0 fully saturated rings. The molecule has 5 heavy (non-hydrogen) atoms. The summed E-state index contributed by atoms with van der Waals surface area (Å²) in [6.07, 6.45) is 0. The summed E-state index contributed by atoms with van der Waals surface area (Å²) >= 11 is 0. The van der Waals surface area contributed by atoms with Crippen LogP contribution >= 0.6 is 8.86 Å². The molecule has 0 saturated heterocycles. The molecule has 0 rings (SSSR count). The van der Waals surface area contributed by atoms with Crippen molar-refractivity contribution in [1.29, 1.82) is 0 Å². The van der Waals surface area contributed by atoms with Gasteiger partial charge in [-0.2, -0.15) is 0 Å². The van der Waals surface area contributed by atoms with Crippen molar-refractivity contribution in [2.75, 3.05) is 0 Å². The molecule has 28 valence electrons. The van der Waals surface area contributed by atoms with E-state index < -0.39 is 0 Å². The third kappa shape index (κ3) is 4.23. The van der Waals surface area contributed by atoms with Gasteiger partial charge < -0.3 is 0 Å². The molecule has 0 amide bonds. The zero-order chi connectivity index (χ0) is 4.28. The summed E-state index contributed by atoms with van der Waals surface area (Å²) in [7, 11) is 4.47. The van der Waals surface area contributed by atoms with Crippen LogP contribution in [0.3, 0.4) is 0 Å². The van der Waals surface area contributed by atoms with Crippen LogP contribution in [0.2, 0.25) is 6.82 Å². The van der Waals surface area contributed by atoms with Gasteiger partial charge in [-0.05, 0) is 6.92 Å². The first-order valence-corrected chi connectivity index (χ1v) is 2.31. The largest absolute Gasteiger partial charge is 0.154 e. The molecule has 0 N–H and O–H groups in total. The maximum atomic E-state index is 3.33. The van der Waals surface area contributed by atoms with E-state index in [0.29, 0.717) is 0 Å².